The molecule has 0 atom stereocenters. The van der Waals surface area contributed by atoms with E-state index >= 15 is 0 Å². The molecule has 1 aliphatic heterocycles. The smallest absolute Gasteiger partial charge is 0.140 e. The first-order valence-electron chi connectivity index (χ1n) is 4.69. The molecule has 0 amide bonds. The number of rotatable bonds is 0. The SMILES string of the molecule is CC(C)(C)c1cc2c(cn1)OCC2. The van der Waals surface area contributed by atoms with Gasteiger partial charge in [-0.2, -0.15) is 0 Å². The summed E-state index contributed by atoms with van der Waals surface area (Å²) >= 11 is 0. The molecule has 0 N–H and O–H groups in total. The summed E-state index contributed by atoms with van der Waals surface area (Å²) in [4.78, 5) is 4.40. The zero-order valence-electron chi connectivity index (χ0n) is 8.42. The second kappa shape index (κ2) is 2.72. The van der Waals surface area contributed by atoms with E-state index in [-0.39, 0.29) is 5.41 Å². The van der Waals surface area contributed by atoms with E-state index in [0.29, 0.717) is 0 Å². The zero-order valence-corrected chi connectivity index (χ0v) is 8.42. The number of ether oxygens (including phenoxy) is 1. The molecule has 0 aromatic carbocycles. The van der Waals surface area contributed by atoms with Gasteiger partial charge in [-0.1, -0.05) is 20.8 Å². The van der Waals surface area contributed by atoms with Gasteiger partial charge in [-0.25, -0.2) is 0 Å². The standard InChI is InChI=1S/C11H15NO/c1-11(2,3)10-6-8-4-5-13-9(8)7-12-10/h6-7H,4-5H2,1-3H3. The number of hydrogen-bond donors (Lipinski definition) is 0. The van der Waals surface area contributed by atoms with Gasteiger partial charge in [-0.15, -0.1) is 0 Å². The summed E-state index contributed by atoms with van der Waals surface area (Å²) in [5.41, 5.74) is 2.59. The van der Waals surface area contributed by atoms with Crippen LogP contribution in [0.3, 0.4) is 0 Å². The van der Waals surface area contributed by atoms with Crippen LogP contribution in [-0.2, 0) is 11.8 Å². The van der Waals surface area contributed by atoms with Gasteiger partial charge >= 0.3 is 0 Å². The maximum Gasteiger partial charge on any atom is 0.140 e. The summed E-state index contributed by atoms with van der Waals surface area (Å²) in [5, 5.41) is 0. The number of aromatic nitrogens is 1. The van der Waals surface area contributed by atoms with Crippen LogP contribution in [-0.4, -0.2) is 11.6 Å². The van der Waals surface area contributed by atoms with Crippen LogP contribution < -0.4 is 4.74 Å². The van der Waals surface area contributed by atoms with Crippen LogP contribution in [0.5, 0.6) is 5.75 Å². The average molecular weight is 177 g/mol. The fourth-order valence-electron chi connectivity index (χ4n) is 1.49. The number of nitrogens with zero attached hydrogens (tertiary/aromatic N) is 1. The monoisotopic (exact) mass is 177 g/mol. The highest BCUT2D eigenvalue weighted by atomic mass is 16.5. The van der Waals surface area contributed by atoms with Crippen LogP contribution in [0.1, 0.15) is 32.0 Å². The summed E-state index contributed by atoms with van der Waals surface area (Å²) in [5.74, 6) is 0.966. The van der Waals surface area contributed by atoms with Crippen molar-refractivity contribution in [3.8, 4) is 5.75 Å². The number of pyridine rings is 1. The quantitative estimate of drug-likeness (QED) is 0.606. The first-order chi connectivity index (χ1) is 6.07. The number of fused-ring (bicyclic) bond motifs is 1. The lowest BCUT2D eigenvalue weighted by molar-refractivity contribution is 0.355. The van der Waals surface area contributed by atoms with Crippen molar-refractivity contribution >= 4 is 0 Å². The Morgan fingerprint density at radius 2 is 2.15 bits per heavy atom. The largest absolute Gasteiger partial charge is 0.491 e. The summed E-state index contributed by atoms with van der Waals surface area (Å²) in [6.45, 7) is 7.34. The first-order valence-corrected chi connectivity index (χ1v) is 4.69. The van der Waals surface area contributed by atoms with Gasteiger partial charge in [0, 0.05) is 23.1 Å². The summed E-state index contributed by atoms with van der Waals surface area (Å²) in [6.07, 6.45) is 2.88. The molecule has 2 rings (SSSR count). The van der Waals surface area contributed by atoms with Crippen molar-refractivity contribution in [1.82, 2.24) is 4.98 Å². The molecule has 1 aliphatic rings. The third-order valence-electron chi connectivity index (χ3n) is 2.35. The van der Waals surface area contributed by atoms with Crippen LogP contribution in [0.25, 0.3) is 0 Å². The molecule has 0 bridgehead atoms. The summed E-state index contributed by atoms with van der Waals surface area (Å²) in [6, 6.07) is 2.17. The molecular weight excluding hydrogens is 162 g/mol. The minimum Gasteiger partial charge on any atom is -0.491 e. The molecule has 2 heterocycles. The summed E-state index contributed by atoms with van der Waals surface area (Å²) in [7, 11) is 0. The van der Waals surface area contributed by atoms with E-state index in [2.05, 4.69) is 31.8 Å². The topological polar surface area (TPSA) is 22.1 Å². The van der Waals surface area contributed by atoms with Crippen LogP contribution in [0.4, 0.5) is 0 Å². The zero-order chi connectivity index (χ0) is 9.47. The lowest BCUT2D eigenvalue weighted by atomic mass is 9.90. The van der Waals surface area contributed by atoms with E-state index < -0.39 is 0 Å². The highest BCUT2D eigenvalue weighted by Crippen LogP contribution is 2.28. The Kier molecular flexibility index (Phi) is 1.79. The van der Waals surface area contributed by atoms with Crippen molar-refractivity contribution in [3.63, 3.8) is 0 Å². The third-order valence-corrected chi connectivity index (χ3v) is 2.35. The Labute approximate surface area is 78.9 Å². The van der Waals surface area contributed by atoms with Crippen molar-refractivity contribution in [2.24, 2.45) is 0 Å². The van der Waals surface area contributed by atoms with Crippen LogP contribution in [0, 0.1) is 0 Å². The third kappa shape index (κ3) is 1.53. The predicted molar refractivity (Wildman–Crippen MR) is 52.1 cm³/mol. The van der Waals surface area contributed by atoms with Gasteiger partial charge in [-0.05, 0) is 6.07 Å². The number of hydrogen-bond acceptors (Lipinski definition) is 2. The molecule has 0 aliphatic carbocycles. The van der Waals surface area contributed by atoms with Crippen molar-refractivity contribution in [2.45, 2.75) is 32.6 Å². The minimum atomic E-state index is 0.137. The normalized spacial score (nSPS) is 15.3. The molecule has 1 aromatic rings. The van der Waals surface area contributed by atoms with Gasteiger partial charge in [0.05, 0.1) is 12.8 Å². The molecule has 0 spiro atoms. The second-order valence-corrected chi connectivity index (χ2v) is 4.53. The van der Waals surface area contributed by atoms with Gasteiger partial charge in [0.25, 0.3) is 0 Å². The molecule has 1 aromatic heterocycles. The van der Waals surface area contributed by atoms with Gasteiger partial charge in [-0.3, -0.25) is 4.98 Å². The lowest BCUT2D eigenvalue weighted by Crippen LogP contribution is -2.13. The Hall–Kier alpha value is -1.05. The van der Waals surface area contributed by atoms with E-state index in [9.17, 15) is 0 Å². The molecule has 0 saturated heterocycles. The van der Waals surface area contributed by atoms with Crippen molar-refractivity contribution in [1.29, 1.82) is 0 Å². The molecule has 0 radical (unpaired) electrons. The Bertz CT molecular complexity index is 325. The van der Waals surface area contributed by atoms with E-state index in [1.165, 1.54) is 5.56 Å². The minimum absolute atomic E-state index is 0.137. The van der Waals surface area contributed by atoms with Gasteiger partial charge in [0.15, 0.2) is 0 Å². The van der Waals surface area contributed by atoms with Crippen molar-refractivity contribution in [2.75, 3.05) is 6.61 Å². The van der Waals surface area contributed by atoms with Crippen LogP contribution >= 0.6 is 0 Å². The first kappa shape index (κ1) is 8.54. The lowest BCUT2D eigenvalue weighted by Gasteiger charge is -2.17. The maximum atomic E-state index is 5.40. The van der Waals surface area contributed by atoms with Gasteiger partial charge in [0.2, 0.25) is 0 Å². The predicted octanol–water partition coefficient (Wildman–Crippen LogP) is 2.31. The Balaban J connectivity index is 2.42. The van der Waals surface area contributed by atoms with Gasteiger partial charge < -0.3 is 4.74 Å². The fraction of sp³-hybridized carbons (Fsp3) is 0.545. The summed E-state index contributed by atoms with van der Waals surface area (Å²) < 4.78 is 5.40. The highest BCUT2D eigenvalue weighted by Gasteiger charge is 2.19. The molecule has 2 heteroatoms. The molecule has 2 nitrogen and oxygen atoms in total. The molecule has 0 fully saturated rings. The van der Waals surface area contributed by atoms with E-state index in [1.54, 1.807) is 0 Å². The highest BCUT2D eigenvalue weighted by molar-refractivity contribution is 5.37. The van der Waals surface area contributed by atoms with E-state index in [4.69, 9.17) is 4.74 Å². The van der Waals surface area contributed by atoms with Crippen LogP contribution in [0.15, 0.2) is 12.3 Å². The molecule has 0 saturated carbocycles. The molecule has 13 heavy (non-hydrogen) atoms. The molecule has 0 unspecified atom stereocenters. The van der Waals surface area contributed by atoms with Crippen molar-refractivity contribution in [3.05, 3.63) is 23.5 Å². The Morgan fingerprint density at radius 3 is 2.85 bits per heavy atom. The fourth-order valence-corrected chi connectivity index (χ4v) is 1.49. The second-order valence-electron chi connectivity index (χ2n) is 4.53. The van der Waals surface area contributed by atoms with E-state index in [0.717, 1.165) is 24.5 Å². The Morgan fingerprint density at radius 1 is 1.38 bits per heavy atom. The van der Waals surface area contributed by atoms with Gasteiger partial charge in [0.1, 0.15) is 5.75 Å². The average Bonchev–Trinajstić information content (AvgIpc) is 2.47. The van der Waals surface area contributed by atoms with Crippen LogP contribution in [0.2, 0.25) is 0 Å². The molecule has 70 valence electrons. The maximum absolute atomic E-state index is 5.40. The van der Waals surface area contributed by atoms with E-state index in [1.807, 2.05) is 6.20 Å². The molecular formula is C11H15NO. The van der Waals surface area contributed by atoms with Crippen molar-refractivity contribution < 1.29 is 4.74 Å².